The van der Waals surface area contributed by atoms with Crippen LogP contribution in [-0.2, 0) is 0 Å². The SMILES string of the molecule is Cc1cccc(-c2sccc2C(=O)N2CC3CC3C2CN)c1. The van der Waals surface area contributed by atoms with E-state index < -0.39 is 0 Å². The third-order valence-electron chi connectivity index (χ3n) is 4.98. The number of amides is 1. The highest BCUT2D eigenvalue weighted by Gasteiger charge is 2.53. The van der Waals surface area contributed by atoms with Crippen LogP contribution in [0, 0.1) is 18.8 Å². The summed E-state index contributed by atoms with van der Waals surface area (Å²) in [6, 6.07) is 10.6. The molecule has 0 spiro atoms. The molecule has 2 N–H and O–H groups in total. The summed E-state index contributed by atoms with van der Waals surface area (Å²) in [4.78, 5) is 16.1. The highest BCUT2D eigenvalue weighted by molar-refractivity contribution is 7.14. The third-order valence-corrected chi connectivity index (χ3v) is 5.94. The molecule has 1 aliphatic heterocycles. The predicted molar refractivity (Wildman–Crippen MR) is 90.0 cm³/mol. The van der Waals surface area contributed by atoms with E-state index in [1.807, 2.05) is 22.4 Å². The molecular formula is C18H20N2OS. The maximum Gasteiger partial charge on any atom is 0.255 e. The molecule has 2 aliphatic rings. The Morgan fingerprint density at radius 2 is 2.27 bits per heavy atom. The number of carbonyl (C=O) groups excluding carboxylic acids is 1. The van der Waals surface area contributed by atoms with Gasteiger partial charge in [-0.1, -0.05) is 29.8 Å². The molecule has 4 heteroatoms. The smallest absolute Gasteiger partial charge is 0.255 e. The number of nitrogens with zero attached hydrogens (tertiary/aromatic N) is 1. The van der Waals surface area contributed by atoms with E-state index >= 15 is 0 Å². The lowest BCUT2D eigenvalue weighted by atomic mass is 10.1. The van der Waals surface area contributed by atoms with Gasteiger partial charge in [-0.05, 0) is 42.2 Å². The minimum atomic E-state index is 0.153. The zero-order valence-corrected chi connectivity index (χ0v) is 13.5. The normalized spacial score (nSPS) is 26.1. The summed E-state index contributed by atoms with van der Waals surface area (Å²) in [6.07, 6.45) is 1.25. The second kappa shape index (κ2) is 5.21. The monoisotopic (exact) mass is 312 g/mol. The number of rotatable bonds is 3. The summed E-state index contributed by atoms with van der Waals surface area (Å²) < 4.78 is 0. The van der Waals surface area contributed by atoms with Crippen molar-refractivity contribution < 1.29 is 4.79 Å². The average Bonchev–Trinajstić information content (AvgIpc) is 2.99. The highest BCUT2D eigenvalue weighted by Crippen LogP contribution is 2.49. The molecule has 2 aromatic rings. The lowest BCUT2D eigenvalue weighted by Crippen LogP contribution is -2.42. The van der Waals surface area contributed by atoms with Crippen LogP contribution in [0.15, 0.2) is 35.7 Å². The molecule has 2 fully saturated rings. The van der Waals surface area contributed by atoms with E-state index in [2.05, 4.69) is 25.1 Å². The van der Waals surface area contributed by atoms with Crippen molar-refractivity contribution >= 4 is 17.2 Å². The molecule has 3 atom stereocenters. The fraction of sp³-hybridized carbons (Fsp3) is 0.389. The first-order valence-corrected chi connectivity index (χ1v) is 8.72. The molecule has 1 aromatic heterocycles. The fourth-order valence-corrected chi connectivity index (χ4v) is 4.63. The van der Waals surface area contributed by atoms with E-state index in [4.69, 9.17) is 5.73 Å². The number of aryl methyl sites for hydroxylation is 1. The Morgan fingerprint density at radius 3 is 3.05 bits per heavy atom. The van der Waals surface area contributed by atoms with Gasteiger partial charge in [-0.25, -0.2) is 0 Å². The summed E-state index contributed by atoms with van der Waals surface area (Å²) in [5.41, 5.74) is 9.09. The van der Waals surface area contributed by atoms with Crippen LogP contribution in [0.4, 0.5) is 0 Å². The number of fused-ring (bicyclic) bond motifs is 1. The van der Waals surface area contributed by atoms with Gasteiger partial charge < -0.3 is 10.6 Å². The summed E-state index contributed by atoms with van der Waals surface area (Å²) in [7, 11) is 0. The van der Waals surface area contributed by atoms with Crippen molar-refractivity contribution in [2.24, 2.45) is 17.6 Å². The van der Waals surface area contributed by atoms with Gasteiger partial charge in [-0.3, -0.25) is 4.79 Å². The van der Waals surface area contributed by atoms with Crippen LogP contribution in [0.3, 0.4) is 0 Å². The van der Waals surface area contributed by atoms with Crippen molar-refractivity contribution in [2.45, 2.75) is 19.4 Å². The molecule has 0 bridgehead atoms. The van der Waals surface area contributed by atoms with Gasteiger partial charge in [0.05, 0.1) is 5.56 Å². The molecule has 1 aliphatic carbocycles. The Bertz CT molecular complexity index is 723. The van der Waals surface area contributed by atoms with E-state index in [1.165, 1.54) is 12.0 Å². The van der Waals surface area contributed by atoms with Crippen LogP contribution in [0.5, 0.6) is 0 Å². The van der Waals surface area contributed by atoms with Crippen LogP contribution < -0.4 is 5.73 Å². The summed E-state index contributed by atoms with van der Waals surface area (Å²) in [5.74, 6) is 1.49. The molecule has 3 nitrogen and oxygen atoms in total. The third kappa shape index (κ3) is 2.18. The van der Waals surface area contributed by atoms with Crippen molar-refractivity contribution in [2.75, 3.05) is 13.1 Å². The topological polar surface area (TPSA) is 46.3 Å². The van der Waals surface area contributed by atoms with Crippen LogP contribution in [-0.4, -0.2) is 29.9 Å². The molecule has 1 amide bonds. The lowest BCUT2D eigenvalue weighted by Gasteiger charge is -2.26. The summed E-state index contributed by atoms with van der Waals surface area (Å²) in [6.45, 7) is 3.54. The molecule has 22 heavy (non-hydrogen) atoms. The van der Waals surface area contributed by atoms with Gasteiger partial charge in [-0.2, -0.15) is 0 Å². The Kier molecular flexibility index (Phi) is 3.31. The van der Waals surface area contributed by atoms with Crippen LogP contribution in [0.2, 0.25) is 0 Å². The Morgan fingerprint density at radius 1 is 1.41 bits per heavy atom. The highest BCUT2D eigenvalue weighted by atomic mass is 32.1. The van der Waals surface area contributed by atoms with Crippen LogP contribution in [0.25, 0.3) is 10.4 Å². The Balaban J connectivity index is 1.66. The summed E-state index contributed by atoms with van der Waals surface area (Å²) >= 11 is 1.64. The minimum Gasteiger partial charge on any atom is -0.334 e. The van der Waals surface area contributed by atoms with Crippen molar-refractivity contribution in [1.29, 1.82) is 0 Å². The molecule has 3 unspecified atom stereocenters. The Labute approximate surface area is 134 Å². The zero-order chi connectivity index (χ0) is 15.3. The summed E-state index contributed by atoms with van der Waals surface area (Å²) in [5, 5.41) is 2.01. The first kappa shape index (κ1) is 14.0. The van der Waals surface area contributed by atoms with Gasteiger partial charge in [0, 0.05) is 24.0 Å². The molecule has 1 saturated heterocycles. The molecule has 114 valence electrons. The number of likely N-dealkylation sites (tertiary alicyclic amines) is 1. The van der Waals surface area contributed by atoms with Crippen molar-refractivity contribution in [3.8, 4) is 10.4 Å². The first-order valence-electron chi connectivity index (χ1n) is 7.84. The van der Waals surface area contributed by atoms with Crippen molar-refractivity contribution in [3.63, 3.8) is 0 Å². The zero-order valence-electron chi connectivity index (χ0n) is 12.7. The van der Waals surface area contributed by atoms with Gasteiger partial charge in [-0.15, -0.1) is 11.3 Å². The molecule has 2 heterocycles. The first-order chi connectivity index (χ1) is 10.7. The minimum absolute atomic E-state index is 0.153. The second-order valence-corrected chi connectivity index (χ2v) is 7.37. The van der Waals surface area contributed by atoms with Gasteiger partial charge in [0.1, 0.15) is 0 Å². The molecule has 4 rings (SSSR count). The van der Waals surface area contributed by atoms with E-state index in [-0.39, 0.29) is 11.9 Å². The number of nitrogens with two attached hydrogens (primary N) is 1. The molecular weight excluding hydrogens is 292 g/mol. The number of carbonyl (C=O) groups is 1. The van der Waals surface area contributed by atoms with Gasteiger partial charge in [0.25, 0.3) is 5.91 Å². The quantitative estimate of drug-likeness (QED) is 0.946. The number of piperidine rings is 1. The van der Waals surface area contributed by atoms with E-state index in [0.717, 1.165) is 22.5 Å². The van der Waals surface area contributed by atoms with Crippen LogP contribution in [0.1, 0.15) is 22.3 Å². The van der Waals surface area contributed by atoms with Crippen molar-refractivity contribution in [3.05, 3.63) is 46.8 Å². The van der Waals surface area contributed by atoms with Gasteiger partial charge in [0.15, 0.2) is 0 Å². The number of thiophene rings is 1. The van der Waals surface area contributed by atoms with E-state index in [1.54, 1.807) is 11.3 Å². The predicted octanol–water partition coefficient (Wildman–Crippen LogP) is 3.14. The number of hydrogen-bond acceptors (Lipinski definition) is 3. The maximum absolute atomic E-state index is 13.0. The molecule has 1 aromatic carbocycles. The van der Waals surface area contributed by atoms with Crippen LogP contribution >= 0.6 is 11.3 Å². The average molecular weight is 312 g/mol. The fourth-order valence-electron chi connectivity index (χ4n) is 3.75. The maximum atomic E-state index is 13.0. The molecule has 0 radical (unpaired) electrons. The standard InChI is InChI=1S/C18H20N2OS/c1-11-3-2-4-12(7-11)17-14(5-6-22-17)18(21)20-10-13-8-15(13)16(20)9-19/h2-7,13,15-16H,8-10,19H2,1H3. The van der Waals surface area contributed by atoms with Crippen molar-refractivity contribution in [1.82, 2.24) is 4.90 Å². The van der Waals surface area contributed by atoms with E-state index in [9.17, 15) is 4.79 Å². The second-order valence-electron chi connectivity index (χ2n) is 6.45. The van der Waals surface area contributed by atoms with E-state index in [0.29, 0.717) is 18.4 Å². The largest absolute Gasteiger partial charge is 0.334 e. The van der Waals surface area contributed by atoms with Gasteiger partial charge in [0.2, 0.25) is 0 Å². The lowest BCUT2D eigenvalue weighted by molar-refractivity contribution is 0.0713. The van der Waals surface area contributed by atoms with Gasteiger partial charge >= 0.3 is 0 Å². The molecule has 1 saturated carbocycles. The number of hydrogen-bond donors (Lipinski definition) is 1. The Hall–Kier alpha value is -1.65. The number of benzene rings is 1.